The highest BCUT2D eigenvalue weighted by molar-refractivity contribution is 6.32. The Balaban J connectivity index is 1.47. The van der Waals surface area contributed by atoms with Crippen molar-refractivity contribution in [1.82, 2.24) is 25.1 Å². The minimum absolute atomic E-state index is 0.165. The first-order chi connectivity index (χ1) is 16.0. The minimum atomic E-state index is -1.32. The number of amides is 1. The quantitative estimate of drug-likeness (QED) is 0.350. The Bertz CT molecular complexity index is 999. The number of rotatable bonds is 14. The molecule has 0 bridgehead atoms. The maximum Gasteiger partial charge on any atom is 0.273 e. The molecule has 178 valence electrons. The van der Waals surface area contributed by atoms with Crippen molar-refractivity contribution < 1.29 is 27.8 Å². The number of halogens is 2. The van der Waals surface area contributed by atoms with Crippen LogP contribution in [0.1, 0.15) is 23.8 Å². The molecule has 1 atom stereocenters. The first-order valence-electron chi connectivity index (χ1n) is 10.3. The summed E-state index contributed by atoms with van der Waals surface area (Å²) in [6, 6.07) is 5.03. The highest BCUT2D eigenvalue weighted by atomic mass is 35.5. The van der Waals surface area contributed by atoms with E-state index in [0.717, 1.165) is 0 Å². The molecule has 3 aromatic rings. The van der Waals surface area contributed by atoms with E-state index in [-0.39, 0.29) is 31.4 Å². The predicted molar refractivity (Wildman–Crippen MR) is 117 cm³/mol. The van der Waals surface area contributed by atoms with Crippen LogP contribution in [0.25, 0.3) is 11.3 Å². The Morgan fingerprint density at radius 1 is 1.30 bits per heavy atom. The maximum absolute atomic E-state index is 12.5. The van der Waals surface area contributed by atoms with Crippen LogP contribution in [0.2, 0.25) is 5.02 Å². The number of benzene rings is 1. The number of carbonyl (C=O) groups is 1. The second kappa shape index (κ2) is 12.9. The predicted octanol–water partition coefficient (Wildman–Crippen LogP) is 3.13. The molecule has 0 radical (unpaired) electrons. The summed E-state index contributed by atoms with van der Waals surface area (Å²) >= 11 is 6.32. The van der Waals surface area contributed by atoms with Crippen LogP contribution in [0.5, 0.6) is 5.75 Å². The summed E-state index contributed by atoms with van der Waals surface area (Å²) in [5.74, 6) is 0.413. The fraction of sp³-hybridized carbons (Fsp3) is 0.429. The Labute approximate surface area is 195 Å². The fourth-order valence-electron chi connectivity index (χ4n) is 2.83. The number of hydrogen-bond acceptors (Lipinski definition) is 8. The monoisotopic (exact) mass is 480 g/mol. The van der Waals surface area contributed by atoms with Gasteiger partial charge in [0.1, 0.15) is 25.0 Å². The summed E-state index contributed by atoms with van der Waals surface area (Å²) in [6.45, 7) is 3.38. The summed E-state index contributed by atoms with van der Waals surface area (Å²) in [7, 11) is 0. The topological polar surface area (TPSA) is 114 Å². The summed E-state index contributed by atoms with van der Waals surface area (Å²) in [5.41, 5.74) is 0.755. The van der Waals surface area contributed by atoms with Crippen molar-refractivity contribution in [3.63, 3.8) is 0 Å². The molecule has 1 N–H and O–H groups in total. The van der Waals surface area contributed by atoms with Gasteiger partial charge in [-0.15, -0.1) is 0 Å². The molecule has 10 nitrogen and oxygen atoms in total. The van der Waals surface area contributed by atoms with Gasteiger partial charge in [0.25, 0.3) is 5.91 Å². The van der Waals surface area contributed by atoms with Crippen LogP contribution in [0.15, 0.2) is 41.7 Å². The Morgan fingerprint density at radius 2 is 2.15 bits per heavy atom. The zero-order chi connectivity index (χ0) is 23.5. The van der Waals surface area contributed by atoms with E-state index in [0.29, 0.717) is 48.2 Å². The van der Waals surface area contributed by atoms with Crippen LogP contribution in [-0.2, 0) is 16.0 Å². The van der Waals surface area contributed by atoms with Crippen LogP contribution < -0.4 is 10.1 Å². The number of carbonyl (C=O) groups excluding carboxylic acids is 1. The van der Waals surface area contributed by atoms with E-state index < -0.39 is 6.36 Å². The minimum Gasteiger partial charge on any atom is -0.490 e. The van der Waals surface area contributed by atoms with Crippen molar-refractivity contribution in [3.05, 3.63) is 48.0 Å². The average Bonchev–Trinajstić information content (AvgIpc) is 3.49. The molecule has 0 spiro atoms. The van der Waals surface area contributed by atoms with E-state index in [1.165, 1.54) is 19.6 Å². The second-order valence-electron chi connectivity index (χ2n) is 6.82. The lowest BCUT2D eigenvalue weighted by atomic mass is 10.1. The van der Waals surface area contributed by atoms with Gasteiger partial charge in [-0.1, -0.05) is 11.6 Å². The van der Waals surface area contributed by atoms with Gasteiger partial charge in [0, 0.05) is 18.7 Å². The van der Waals surface area contributed by atoms with E-state index in [1.54, 1.807) is 29.2 Å². The van der Waals surface area contributed by atoms with Crippen LogP contribution in [0, 0.1) is 0 Å². The highest BCUT2D eigenvalue weighted by Gasteiger charge is 2.19. The van der Waals surface area contributed by atoms with Gasteiger partial charge in [-0.3, -0.25) is 9.48 Å². The number of aryl methyl sites for hydroxylation is 1. The first-order valence-corrected chi connectivity index (χ1v) is 10.7. The van der Waals surface area contributed by atoms with Crippen LogP contribution in [0.3, 0.4) is 0 Å². The Kier molecular flexibility index (Phi) is 9.60. The highest BCUT2D eigenvalue weighted by Crippen LogP contribution is 2.31. The lowest BCUT2D eigenvalue weighted by Crippen LogP contribution is -2.26. The summed E-state index contributed by atoms with van der Waals surface area (Å²) in [4.78, 5) is 20.4. The summed E-state index contributed by atoms with van der Waals surface area (Å²) in [6.07, 6.45) is 3.66. The third-order valence-electron chi connectivity index (χ3n) is 4.35. The number of aromatic nitrogens is 4. The van der Waals surface area contributed by atoms with Gasteiger partial charge in [-0.05, 0) is 31.5 Å². The second-order valence-corrected chi connectivity index (χ2v) is 7.23. The SMILES string of the molecule is CC([18F])OCCOCCOc1ccc(-c2ocnc2C(=O)NCCCn2cncn2)cc1Cl. The van der Waals surface area contributed by atoms with Gasteiger partial charge in [-0.2, -0.15) is 5.10 Å². The summed E-state index contributed by atoms with van der Waals surface area (Å²) < 4.78 is 35.3. The van der Waals surface area contributed by atoms with Crippen LogP contribution in [-0.4, -0.2) is 65.0 Å². The van der Waals surface area contributed by atoms with Gasteiger partial charge in [0.2, 0.25) is 0 Å². The lowest BCUT2D eigenvalue weighted by Gasteiger charge is -2.10. The van der Waals surface area contributed by atoms with E-state index in [9.17, 15) is 9.18 Å². The van der Waals surface area contributed by atoms with E-state index in [1.807, 2.05) is 0 Å². The molecule has 33 heavy (non-hydrogen) atoms. The standard InChI is InChI=1S/C21H25ClFN5O5/c1-15(23)31-9-7-30-8-10-32-18-4-3-16(11-17(18)22)20-19(26-14-33-20)21(29)25-5-2-6-28-13-24-12-27-28/h3-4,11-15H,2,5-10H2,1H3,(H,25,29)/i23-1. The molecule has 0 aliphatic rings. The van der Waals surface area contributed by atoms with E-state index >= 15 is 0 Å². The molecule has 12 heteroatoms. The number of ether oxygens (including phenoxy) is 3. The first kappa shape index (κ1) is 24.6. The number of alkyl halides is 1. The zero-order valence-electron chi connectivity index (χ0n) is 18.1. The van der Waals surface area contributed by atoms with E-state index in [4.69, 9.17) is 30.2 Å². The molecule has 1 unspecified atom stereocenters. The molecule has 0 aliphatic carbocycles. The van der Waals surface area contributed by atoms with Crippen molar-refractivity contribution in [2.24, 2.45) is 0 Å². The van der Waals surface area contributed by atoms with Gasteiger partial charge in [-0.25, -0.2) is 14.4 Å². The Hall–Kier alpha value is -3.02. The molecular formula is C21H25ClFN5O5. The van der Waals surface area contributed by atoms with Gasteiger partial charge in [0.15, 0.2) is 24.2 Å². The number of nitrogens with one attached hydrogen (secondary N) is 1. The molecule has 1 amide bonds. The van der Waals surface area contributed by atoms with Crippen molar-refractivity contribution >= 4 is 17.5 Å². The third-order valence-corrected chi connectivity index (χ3v) is 4.65. The van der Waals surface area contributed by atoms with Crippen LogP contribution >= 0.6 is 11.6 Å². The summed E-state index contributed by atoms with van der Waals surface area (Å²) in [5, 5.41) is 7.17. The molecule has 3 rings (SSSR count). The van der Waals surface area contributed by atoms with Crippen molar-refractivity contribution in [3.8, 4) is 17.1 Å². The molecule has 0 saturated carbocycles. The molecule has 1 aromatic carbocycles. The maximum atomic E-state index is 12.5. The molecule has 0 fully saturated rings. The molecule has 2 aromatic heterocycles. The number of oxazole rings is 1. The third kappa shape index (κ3) is 7.81. The van der Waals surface area contributed by atoms with Crippen LogP contribution in [0.4, 0.5) is 4.39 Å². The smallest absolute Gasteiger partial charge is 0.273 e. The normalized spacial score (nSPS) is 12.0. The zero-order valence-corrected chi connectivity index (χ0v) is 18.8. The average molecular weight is 481 g/mol. The lowest BCUT2D eigenvalue weighted by molar-refractivity contribution is -0.0513. The van der Waals surface area contributed by atoms with E-state index in [2.05, 4.69) is 20.4 Å². The Morgan fingerprint density at radius 3 is 2.91 bits per heavy atom. The fourth-order valence-corrected chi connectivity index (χ4v) is 3.06. The van der Waals surface area contributed by atoms with Crippen molar-refractivity contribution in [2.75, 3.05) is 33.0 Å². The van der Waals surface area contributed by atoms with Crippen molar-refractivity contribution in [2.45, 2.75) is 26.2 Å². The van der Waals surface area contributed by atoms with Gasteiger partial charge < -0.3 is 23.9 Å². The largest absolute Gasteiger partial charge is 0.490 e. The van der Waals surface area contributed by atoms with Gasteiger partial charge >= 0.3 is 0 Å². The molecule has 0 saturated heterocycles. The van der Waals surface area contributed by atoms with Crippen molar-refractivity contribution in [1.29, 1.82) is 0 Å². The number of hydrogen-bond donors (Lipinski definition) is 1. The molecule has 2 heterocycles. The van der Waals surface area contributed by atoms with Gasteiger partial charge in [0.05, 0.1) is 24.8 Å². The number of nitrogens with zero attached hydrogens (tertiary/aromatic N) is 4. The molecular weight excluding hydrogens is 456 g/mol. The molecule has 0 aliphatic heterocycles.